The van der Waals surface area contributed by atoms with Gasteiger partial charge in [0, 0.05) is 18.5 Å². The fraction of sp³-hybridized carbons (Fsp3) is 0.333. The van der Waals surface area contributed by atoms with E-state index in [1.165, 1.54) is 0 Å². The molecule has 114 valence electrons. The van der Waals surface area contributed by atoms with Crippen LogP contribution >= 0.6 is 0 Å². The maximum Gasteiger partial charge on any atom is 0.166 e. The summed E-state index contributed by atoms with van der Waals surface area (Å²) in [5.74, 6) is 1.36. The first-order valence-electron chi connectivity index (χ1n) is 7.55. The van der Waals surface area contributed by atoms with Gasteiger partial charge < -0.3 is 4.74 Å². The molecule has 0 spiro atoms. The van der Waals surface area contributed by atoms with Crippen molar-refractivity contribution in [2.45, 2.75) is 31.7 Å². The molecule has 4 nitrogen and oxygen atoms in total. The number of carbonyl (C=O) groups excluding carboxylic acids is 1. The zero-order valence-corrected chi connectivity index (χ0v) is 12.8. The maximum atomic E-state index is 12.1. The van der Waals surface area contributed by atoms with Gasteiger partial charge in [0.25, 0.3) is 0 Å². The van der Waals surface area contributed by atoms with Crippen LogP contribution in [0.25, 0.3) is 0 Å². The molecule has 0 N–H and O–H groups in total. The van der Waals surface area contributed by atoms with Crippen molar-refractivity contribution < 1.29 is 9.53 Å². The first-order chi connectivity index (χ1) is 10.7. The molecule has 1 aromatic carbocycles. The SMILES string of the molecule is C=CCC1CCC(=O)c2cn(Cc3ccc(OC)cc3)nc21. The number of methoxy groups -OCH3 is 1. The van der Waals surface area contributed by atoms with E-state index in [-0.39, 0.29) is 5.78 Å². The van der Waals surface area contributed by atoms with E-state index in [2.05, 4.69) is 11.7 Å². The number of rotatable bonds is 5. The summed E-state index contributed by atoms with van der Waals surface area (Å²) < 4.78 is 7.03. The second-order valence-electron chi connectivity index (χ2n) is 5.66. The van der Waals surface area contributed by atoms with Crippen LogP contribution in [0, 0.1) is 0 Å². The van der Waals surface area contributed by atoms with Gasteiger partial charge in [-0.3, -0.25) is 9.48 Å². The van der Waals surface area contributed by atoms with Crippen LogP contribution < -0.4 is 4.74 Å². The van der Waals surface area contributed by atoms with E-state index in [0.717, 1.165) is 35.4 Å². The third-order valence-corrected chi connectivity index (χ3v) is 4.15. The van der Waals surface area contributed by atoms with E-state index in [9.17, 15) is 4.79 Å². The molecule has 1 aliphatic rings. The lowest BCUT2D eigenvalue weighted by atomic mass is 9.85. The maximum absolute atomic E-state index is 12.1. The summed E-state index contributed by atoms with van der Waals surface area (Å²) in [7, 11) is 1.65. The van der Waals surface area contributed by atoms with Crippen molar-refractivity contribution in [1.29, 1.82) is 0 Å². The van der Waals surface area contributed by atoms with Gasteiger partial charge in [-0.15, -0.1) is 6.58 Å². The Morgan fingerprint density at radius 3 is 2.86 bits per heavy atom. The average Bonchev–Trinajstić information content (AvgIpc) is 2.96. The van der Waals surface area contributed by atoms with Gasteiger partial charge in [-0.2, -0.15) is 5.10 Å². The van der Waals surface area contributed by atoms with Crippen LogP contribution in [0.3, 0.4) is 0 Å². The predicted molar refractivity (Wildman–Crippen MR) is 85.4 cm³/mol. The van der Waals surface area contributed by atoms with Gasteiger partial charge in [0.05, 0.1) is 24.9 Å². The molecule has 1 heterocycles. The lowest BCUT2D eigenvalue weighted by Crippen LogP contribution is -2.14. The Labute approximate surface area is 130 Å². The van der Waals surface area contributed by atoms with E-state index in [4.69, 9.17) is 4.74 Å². The highest BCUT2D eigenvalue weighted by molar-refractivity contribution is 5.98. The number of ketones is 1. The number of allylic oxidation sites excluding steroid dienone is 1. The molecule has 4 heteroatoms. The van der Waals surface area contributed by atoms with Crippen molar-refractivity contribution in [3.8, 4) is 5.75 Å². The molecule has 1 unspecified atom stereocenters. The summed E-state index contributed by atoms with van der Waals surface area (Å²) in [5, 5.41) is 4.66. The van der Waals surface area contributed by atoms with Gasteiger partial charge in [-0.05, 0) is 30.5 Å². The molecular formula is C18H20N2O2. The number of aromatic nitrogens is 2. The number of hydrogen-bond donors (Lipinski definition) is 0. The number of fused-ring (bicyclic) bond motifs is 1. The number of carbonyl (C=O) groups is 1. The van der Waals surface area contributed by atoms with Gasteiger partial charge in [-0.25, -0.2) is 0 Å². The number of Topliss-reactive ketones (excluding diaryl/α,β-unsaturated/α-hetero) is 1. The Hall–Kier alpha value is -2.36. The highest BCUT2D eigenvalue weighted by Gasteiger charge is 2.28. The van der Waals surface area contributed by atoms with Crippen LogP contribution in [0.15, 0.2) is 43.1 Å². The van der Waals surface area contributed by atoms with Crippen LogP contribution in [0.5, 0.6) is 5.75 Å². The van der Waals surface area contributed by atoms with Gasteiger partial charge in [-0.1, -0.05) is 18.2 Å². The molecule has 0 bridgehead atoms. The topological polar surface area (TPSA) is 44.1 Å². The highest BCUT2D eigenvalue weighted by atomic mass is 16.5. The molecule has 1 atom stereocenters. The molecule has 0 aliphatic heterocycles. The smallest absolute Gasteiger partial charge is 0.166 e. The molecule has 2 aromatic rings. The number of hydrogen-bond acceptors (Lipinski definition) is 3. The molecule has 0 saturated heterocycles. The largest absolute Gasteiger partial charge is 0.497 e. The van der Waals surface area contributed by atoms with E-state index in [0.29, 0.717) is 18.9 Å². The van der Waals surface area contributed by atoms with Crippen molar-refractivity contribution in [2.75, 3.05) is 7.11 Å². The molecular weight excluding hydrogens is 276 g/mol. The van der Waals surface area contributed by atoms with Gasteiger partial charge >= 0.3 is 0 Å². The fourth-order valence-electron chi connectivity index (χ4n) is 2.96. The van der Waals surface area contributed by atoms with Crippen LogP contribution in [-0.2, 0) is 6.54 Å². The monoisotopic (exact) mass is 296 g/mol. The highest BCUT2D eigenvalue weighted by Crippen LogP contribution is 2.33. The zero-order chi connectivity index (χ0) is 15.5. The molecule has 1 aromatic heterocycles. The second kappa shape index (κ2) is 6.18. The first-order valence-corrected chi connectivity index (χ1v) is 7.55. The van der Waals surface area contributed by atoms with E-state index in [1.54, 1.807) is 7.11 Å². The summed E-state index contributed by atoms with van der Waals surface area (Å²) in [6.07, 6.45) is 6.15. The third kappa shape index (κ3) is 2.82. The number of benzene rings is 1. The minimum absolute atomic E-state index is 0.205. The predicted octanol–water partition coefficient (Wildman–Crippen LogP) is 3.58. The zero-order valence-electron chi connectivity index (χ0n) is 12.8. The Balaban J connectivity index is 1.84. The normalized spacial score (nSPS) is 17.1. The van der Waals surface area contributed by atoms with Crippen LogP contribution in [-0.4, -0.2) is 22.7 Å². The minimum Gasteiger partial charge on any atom is -0.497 e. The van der Waals surface area contributed by atoms with Crippen molar-refractivity contribution in [1.82, 2.24) is 9.78 Å². The van der Waals surface area contributed by atoms with E-state index < -0.39 is 0 Å². The van der Waals surface area contributed by atoms with Crippen molar-refractivity contribution in [3.05, 3.63) is 59.9 Å². The molecule has 22 heavy (non-hydrogen) atoms. The Morgan fingerprint density at radius 1 is 1.41 bits per heavy atom. The Bertz CT molecular complexity index is 686. The second-order valence-corrected chi connectivity index (χ2v) is 5.66. The molecule has 1 aliphatic carbocycles. The molecule has 0 saturated carbocycles. The van der Waals surface area contributed by atoms with Gasteiger partial charge in [0.1, 0.15) is 5.75 Å². The molecule has 0 radical (unpaired) electrons. The lowest BCUT2D eigenvalue weighted by Gasteiger charge is -2.18. The van der Waals surface area contributed by atoms with Crippen LogP contribution in [0.1, 0.15) is 46.8 Å². The summed E-state index contributed by atoms with van der Waals surface area (Å²) >= 11 is 0. The summed E-state index contributed by atoms with van der Waals surface area (Å²) in [5.41, 5.74) is 2.85. The number of ether oxygens (including phenoxy) is 1. The molecule has 3 rings (SSSR count). The van der Waals surface area contributed by atoms with Crippen molar-refractivity contribution in [2.24, 2.45) is 0 Å². The quantitative estimate of drug-likeness (QED) is 0.792. The van der Waals surface area contributed by atoms with Gasteiger partial charge in [0.15, 0.2) is 5.78 Å². The Kier molecular flexibility index (Phi) is 4.09. The standard InChI is InChI=1S/C18H20N2O2/c1-3-4-14-7-10-17(21)16-12-20(19-18(14)16)11-13-5-8-15(22-2)9-6-13/h3,5-6,8-9,12,14H,1,4,7,10-11H2,2H3. The Morgan fingerprint density at radius 2 is 2.18 bits per heavy atom. The van der Waals surface area contributed by atoms with E-state index in [1.807, 2.05) is 41.2 Å². The third-order valence-electron chi connectivity index (χ3n) is 4.15. The summed E-state index contributed by atoms with van der Waals surface area (Å²) in [6.45, 7) is 4.46. The molecule has 0 fully saturated rings. The van der Waals surface area contributed by atoms with E-state index >= 15 is 0 Å². The minimum atomic E-state index is 0.205. The molecule has 0 amide bonds. The fourth-order valence-corrected chi connectivity index (χ4v) is 2.96. The number of nitrogens with zero attached hydrogens (tertiary/aromatic N) is 2. The summed E-state index contributed by atoms with van der Waals surface area (Å²) in [4.78, 5) is 12.1. The van der Waals surface area contributed by atoms with Crippen LogP contribution in [0.2, 0.25) is 0 Å². The van der Waals surface area contributed by atoms with Crippen LogP contribution in [0.4, 0.5) is 0 Å². The van der Waals surface area contributed by atoms with Gasteiger partial charge in [0.2, 0.25) is 0 Å². The van der Waals surface area contributed by atoms with Crippen molar-refractivity contribution >= 4 is 5.78 Å². The van der Waals surface area contributed by atoms with Crippen molar-refractivity contribution in [3.63, 3.8) is 0 Å². The average molecular weight is 296 g/mol. The summed E-state index contributed by atoms with van der Waals surface area (Å²) in [6, 6.07) is 7.90. The lowest BCUT2D eigenvalue weighted by molar-refractivity contribution is 0.0967. The first kappa shape index (κ1) is 14.6.